The van der Waals surface area contributed by atoms with Crippen LogP contribution in [0.2, 0.25) is 0 Å². The highest BCUT2D eigenvalue weighted by atomic mass is 16.5. The van der Waals surface area contributed by atoms with Gasteiger partial charge < -0.3 is 20.3 Å². The lowest BCUT2D eigenvalue weighted by Crippen LogP contribution is -2.30. The minimum absolute atomic E-state index is 0.0819. The number of nitrogens with one attached hydrogen (secondary N) is 2. The minimum Gasteiger partial charge on any atom is -0.482 e. The largest absolute Gasteiger partial charge is 0.482 e. The first-order chi connectivity index (χ1) is 13.4. The van der Waals surface area contributed by atoms with E-state index in [4.69, 9.17) is 4.74 Å². The number of carbonyl (C=O) groups is 3. The van der Waals surface area contributed by atoms with Crippen LogP contribution in [0.15, 0.2) is 48.5 Å². The normalized spacial score (nSPS) is 10.1. The zero-order valence-corrected chi connectivity index (χ0v) is 16.3. The summed E-state index contributed by atoms with van der Waals surface area (Å²) in [6, 6.07) is 13.7. The second-order valence-corrected chi connectivity index (χ2v) is 6.07. The molecule has 2 aromatic carbocycles. The SMILES string of the molecule is CCN(CC)C(=O)c1cccc(NC(=O)COc2ccccc2NC(C)=O)c1. The summed E-state index contributed by atoms with van der Waals surface area (Å²) in [5.74, 6) is -0.278. The fourth-order valence-corrected chi connectivity index (χ4v) is 2.65. The van der Waals surface area contributed by atoms with E-state index < -0.39 is 0 Å². The quantitative estimate of drug-likeness (QED) is 0.733. The summed E-state index contributed by atoms with van der Waals surface area (Å²) >= 11 is 0. The van der Waals surface area contributed by atoms with Crippen LogP contribution < -0.4 is 15.4 Å². The molecule has 0 fully saturated rings. The molecule has 2 N–H and O–H groups in total. The molecule has 0 atom stereocenters. The first-order valence-corrected chi connectivity index (χ1v) is 9.13. The Kier molecular flexibility index (Phi) is 7.56. The van der Waals surface area contributed by atoms with E-state index in [-0.39, 0.29) is 24.3 Å². The average molecular weight is 383 g/mol. The third kappa shape index (κ3) is 5.84. The third-order valence-corrected chi connectivity index (χ3v) is 4.00. The van der Waals surface area contributed by atoms with Crippen LogP contribution in [0.4, 0.5) is 11.4 Å². The van der Waals surface area contributed by atoms with Gasteiger partial charge in [0.25, 0.3) is 11.8 Å². The number of ether oxygens (including phenoxy) is 1. The molecule has 0 aliphatic heterocycles. The Hall–Kier alpha value is -3.35. The predicted molar refractivity (Wildman–Crippen MR) is 109 cm³/mol. The summed E-state index contributed by atoms with van der Waals surface area (Å²) in [5.41, 5.74) is 1.52. The molecule has 148 valence electrons. The van der Waals surface area contributed by atoms with Crippen molar-refractivity contribution < 1.29 is 19.1 Å². The van der Waals surface area contributed by atoms with Crippen molar-refractivity contribution in [3.63, 3.8) is 0 Å². The summed E-state index contributed by atoms with van der Waals surface area (Å²) < 4.78 is 5.52. The van der Waals surface area contributed by atoms with E-state index >= 15 is 0 Å². The predicted octanol–water partition coefficient (Wildman–Crippen LogP) is 3.14. The van der Waals surface area contributed by atoms with Crippen molar-refractivity contribution in [1.29, 1.82) is 0 Å². The molecule has 3 amide bonds. The second kappa shape index (κ2) is 10.1. The molecule has 0 spiro atoms. The van der Waals surface area contributed by atoms with Gasteiger partial charge in [-0.05, 0) is 44.2 Å². The van der Waals surface area contributed by atoms with E-state index in [1.807, 2.05) is 13.8 Å². The molecule has 7 nitrogen and oxygen atoms in total. The summed E-state index contributed by atoms with van der Waals surface area (Å²) in [7, 11) is 0. The van der Waals surface area contributed by atoms with E-state index in [0.717, 1.165) is 0 Å². The van der Waals surface area contributed by atoms with Crippen LogP contribution >= 0.6 is 0 Å². The number of nitrogens with zero attached hydrogens (tertiary/aromatic N) is 1. The molecule has 0 saturated carbocycles. The molecule has 2 aromatic rings. The Morgan fingerprint density at radius 3 is 2.36 bits per heavy atom. The van der Waals surface area contributed by atoms with Gasteiger partial charge in [-0.25, -0.2) is 0 Å². The summed E-state index contributed by atoms with van der Waals surface area (Å²) in [6.45, 7) is 6.24. The number of anilines is 2. The van der Waals surface area contributed by atoms with Gasteiger partial charge in [-0.2, -0.15) is 0 Å². The number of hydrogen-bond donors (Lipinski definition) is 2. The van der Waals surface area contributed by atoms with Gasteiger partial charge >= 0.3 is 0 Å². The number of amides is 3. The Labute approximate surface area is 164 Å². The van der Waals surface area contributed by atoms with Crippen LogP contribution in [-0.2, 0) is 9.59 Å². The molecular formula is C21H25N3O4. The molecule has 0 aromatic heterocycles. The molecule has 0 aliphatic rings. The van der Waals surface area contributed by atoms with Gasteiger partial charge in [0.15, 0.2) is 6.61 Å². The molecule has 0 saturated heterocycles. The lowest BCUT2D eigenvalue weighted by atomic mass is 10.1. The zero-order chi connectivity index (χ0) is 20.5. The number of para-hydroxylation sites is 2. The lowest BCUT2D eigenvalue weighted by Gasteiger charge is -2.19. The smallest absolute Gasteiger partial charge is 0.262 e. The number of carbonyl (C=O) groups excluding carboxylic acids is 3. The molecule has 28 heavy (non-hydrogen) atoms. The van der Waals surface area contributed by atoms with Gasteiger partial charge in [0.2, 0.25) is 5.91 Å². The van der Waals surface area contributed by atoms with Crippen LogP contribution in [0.3, 0.4) is 0 Å². The highest BCUT2D eigenvalue weighted by Crippen LogP contribution is 2.23. The maximum atomic E-state index is 12.4. The van der Waals surface area contributed by atoms with Crippen molar-refractivity contribution in [2.24, 2.45) is 0 Å². The topological polar surface area (TPSA) is 87.7 Å². The molecule has 7 heteroatoms. The van der Waals surface area contributed by atoms with E-state index in [1.54, 1.807) is 53.4 Å². The first kappa shape index (κ1) is 21.0. The minimum atomic E-state index is -0.370. The molecule has 0 radical (unpaired) electrons. The van der Waals surface area contributed by atoms with Crippen LogP contribution in [-0.4, -0.2) is 42.3 Å². The van der Waals surface area contributed by atoms with E-state index in [0.29, 0.717) is 35.8 Å². The van der Waals surface area contributed by atoms with Crippen LogP contribution in [0.5, 0.6) is 5.75 Å². The maximum Gasteiger partial charge on any atom is 0.262 e. The van der Waals surface area contributed by atoms with Crippen molar-refractivity contribution >= 4 is 29.1 Å². The lowest BCUT2D eigenvalue weighted by molar-refractivity contribution is -0.118. The fourth-order valence-electron chi connectivity index (χ4n) is 2.65. The summed E-state index contributed by atoms with van der Waals surface area (Å²) in [6.07, 6.45) is 0. The monoisotopic (exact) mass is 383 g/mol. The second-order valence-electron chi connectivity index (χ2n) is 6.07. The Morgan fingerprint density at radius 2 is 1.68 bits per heavy atom. The summed E-state index contributed by atoms with van der Waals surface area (Å²) in [5, 5.41) is 5.37. The van der Waals surface area contributed by atoms with Crippen LogP contribution in [0.25, 0.3) is 0 Å². The fraction of sp³-hybridized carbons (Fsp3) is 0.286. The van der Waals surface area contributed by atoms with Gasteiger partial charge in [0.05, 0.1) is 5.69 Å². The number of rotatable bonds is 8. The van der Waals surface area contributed by atoms with E-state index in [9.17, 15) is 14.4 Å². The molecule has 2 rings (SSSR count). The van der Waals surface area contributed by atoms with Crippen molar-refractivity contribution in [1.82, 2.24) is 4.90 Å². The van der Waals surface area contributed by atoms with Crippen molar-refractivity contribution in [2.75, 3.05) is 30.3 Å². The summed E-state index contributed by atoms with van der Waals surface area (Å²) in [4.78, 5) is 37.6. The van der Waals surface area contributed by atoms with E-state index in [1.165, 1.54) is 6.92 Å². The Balaban J connectivity index is 2.00. The van der Waals surface area contributed by atoms with E-state index in [2.05, 4.69) is 10.6 Å². The Bertz CT molecular complexity index is 847. The molecule has 0 aliphatic carbocycles. The highest BCUT2D eigenvalue weighted by molar-refractivity contribution is 5.97. The standard InChI is InChI=1S/C21H25N3O4/c1-4-24(5-2)21(27)16-9-8-10-17(13-16)23-20(26)14-28-19-12-7-6-11-18(19)22-15(3)25/h6-13H,4-5,14H2,1-3H3,(H,22,25)(H,23,26). The molecular weight excluding hydrogens is 358 g/mol. The van der Waals surface area contributed by atoms with Crippen LogP contribution in [0, 0.1) is 0 Å². The average Bonchev–Trinajstić information content (AvgIpc) is 2.68. The zero-order valence-electron chi connectivity index (χ0n) is 16.3. The maximum absolute atomic E-state index is 12.4. The molecule has 0 heterocycles. The Morgan fingerprint density at radius 1 is 0.964 bits per heavy atom. The molecule has 0 unspecified atom stereocenters. The van der Waals surface area contributed by atoms with Crippen molar-refractivity contribution in [3.05, 3.63) is 54.1 Å². The van der Waals surface area contributed by atoms with Crippen LogP contribution in [0.1, 0.15) is 31.1 Å². The van der Waals surface area contributed by atoms with Gasteiger partial charge in [0, 0.05) is 31.3 Å². The van der Waals surface area contributed by atoms with Gasteiger partial charge in [-0.3, -0.25) is 14.4 Å². The molecule has 0 bridgehead atoms. The first-order valence-electron chi connectivity index (χ1n) is 9.13. The van der Waals surface area contributed by atoms with Crippen molar-refractivity contribution in [2.45, 2.75) is 20.8 Å². The van der Waals surface area contributed by atoms with Crippen molar-refractivity contribution in [3.8, 4) is 5.75 Å². The highest BCUT2D eigenvalue weighted by Gasteiger charge is 2.13. The number of hydrogen-bond acceptors (Lipinski definition) is 4. The third-order valence-electron chi connectivity index (χ3n) is 4.00. The van der Waals surface area contributed by atoms with Gasteiger partial charge in [-0.1, -0.05) is 18.2 Å². The van der Waals surface area contributed by atoms with Gasteiger partial charge in [-0.15, -0.1) is 0 Å². The van der Waals surface area contributed by atoms with Gasteiger partial charge in [0.1, 0.15) is 5.75 Å². The number of benzene rings is 2.